The Balaban J connectivity index is 1.55. The highest BCUT2D eigenvalue weighted by Gasteiger charge is 2.24. The van der Waals surface area contributed by atoms with Gasteiger partial charge in [-0.3, -0.25) is 0 Å². The van der Waals surface area contributed by atoms with E-state index in [0.29, 0.717) is 0 Å². The summed E-state index contributed by atoms with van der Waals surface area (Å²) < 4.78 is 0. The molecule has 1 aliphatic carbocycles. The van der Waals surface area contributed by atoms with Crippen LogP contribution in [0.1, 0.15) is 63.8 Å². The van der Waals surface area contributed by atoms with E-state index in [4.69, 9.17) is 0 Å². The molecule has 0 unspecified atom stereocenters. The largest absolute Gasteiger partial charge is 0.0619 e. The molecule has 0 N–H and O–H groups in total. The number of hydrogen-bond donors (Lipinski definition) is 0. The fraction of sp³-hybridized carbons (Fsp3) is 0.273. The van der Waals surface area contributed by atoms with Crippen LogP contribution in [-0.2, 0) is 17.3 Å². The average molecular weight is 430 g/mol. The van der Waals surface area contributed by atoms with Crippen molar-refractivity contribution in [2.24, 2.45) is 0 Å². The monoisotopic (exact) mass is 429 g/mol. The molecule has 1 aliphatic rings. The summed E-state index contributed by atoms with van der Waals surface area (Å²) in [5.41, 5.74) is 13.5. The number of rotatable bonds is 2. The second-order valence-corrected chi connectivity index (χ2v) is 11.4. The number of benzene rings is 4. The van der Waals surface area contributed by atoms with Gasteiger partial charge in [-0.15, -0.1) is 0 Å². The summed E-state index contributed by atoms with van der Waals surface area (Å²) in [6, 6.07) is 33.0. The highest BCUT2D eigenvalue weighted by Crippen LogP contribution is 2.42. The van der Waals surface area contributed by atoms with Gasteiger partial charge < -0.3 is 0 Å². The van der Waals surface area contributed by atoms with E-state index in [-0.39, 0.29) is 10.8 Å². The van der Waals surface area contributed by atoms with Gasteiger partial charge in [0.05, 0.1) is 0 Å². The Morgan fingerprint density at radius 1 is 0.576 bits per heavy atom. The standard InChI is InChI=1S/C33H33/c1-32(2,3)30-13-9-7-11-28(30)22-15-17-26-24(19-22)21-25-20-23(16-18-27(25)26)29-12-8-10-14-31(29)33(4,5)6/h7-19H,21H2,1-6H3. The van der Waals surface area contributed by atoms with Crippen molar-refractivity contribution in [3.8, 4) is 33.4 Å². The summed E-state index contributed by atoms with van der Waals surface area (Å²) in [6.45, 7) is 13.7. The molecule has 165 valence electrons. The van der Waals surface area contributed by atoms with Crippen molar-refractivity contribution in [3.05, 3.63) is 107 Å². The van der Waals surface area contributed by atoms with Gasteiger partial charge in [0.1, 0.15) is 0 Å². The predicted molar refractivity (Wildman–Crippen MR) is 142 cm³/mol. The quantitative estimate of drug-likeness (QED) is 0.263. The minimum atomic E-state index is 0.0990. The van der Waals surface area contributed by atoms with Crippen LogP contribution in [0.2, 0.25) is 0 Å². The van der Waals surface area contributed by atoms with Crippen LogP contribution in [0.15, 0.2) is 78.9 Å². The Kier molecular flexibility index (Phi) is 5.09. The van der Waals surface area contributed by atoms with E-state index in [1.165, 1.54) is 55.6 Å². The first-order chi connectivity index (χ1) is 15.6. The molecule has 4 aromatic carbocycles. The zero-order chi connectivity index (χ0) is 23.4. The van der Waals surface area contributed by atoms with Gasteiger partial charge in [0.15, 0.2) is 0 Å². The van der Waals surface area contributed by atoms with Gasteiger partial charge in [0.25, 0.3) is 0 Å². The molecule has 1 radical (unpaired) electrons. The van der Waals surface area contributed by atoms with Crippen molar-refractivity contribution in [1.82, 2.24) is 0 Å². The average Bonchev–Trinajstić information content (AvgIpc) is 3.15. The molecule has 0 aliphatic heterocycles. The lowest BCUT2D eigenvalue weighted by atomic mass is 9.81. The summed E-state index contributed by atoms with van der Waals surface area (Å²) >= 11 is 0. The molecule has 0 bridgehead atoms. The highest BCUT2D eigenvalue weighted by molar-refractivity contribution is 5.83. The smallest absolute Gasteiger partial charge is 0.000684 e. The minimum Gasteiger partial charge on any atom is -0.0619 e. The molecule has 4 aromatic rings. The Hall–Kier alpha value is -3.12. The topological polar surface area (TPSA) is 0 Å². The molecular weight excluding hydrogens is 396 g/mol. The van der Waals surface area contributed by atoms with E-state index < -0.39 is 0 Å². The molecule has 0 saturated heterocycles. The van der Waals surface area contributed by atoms with E-state index in [1.807, 2.05) is 0 Å². The summed E-state index contributed by atoms with van der Waals surface area (Å²) in [7, 11) is 0. The van der Waals surface area contributed by atoms with E-state index >= 15 is 0 Å². The lowest BCUT2D eigenvalue weighted by Crippen LogP contribution is -2.12. The van der Waals surface area contributed by atoms with Crippen LogP contribution < -0.4 is 0 Å². The van der Waals surface area contributed by atoms with Gasteiger partial charge in [-0.05, 0) is 79.0 Å². The van der Waals surface area contributed by atoms with E-state index in [2.05, 4.69) is 126 Å². The van der Waals surface area contributed by atoms with Crippen LogP contribution in [0.5, 0.6) is 0 Å². The zero-order valence-corrected chi connectivity index (χ0v) is 20.7. The minimum absolute atomic E-state index is 0.0990. The fourth-order valence-corrected chi connectivity index (χ4v) is 5.21. The fourth-order valence-electron chi connectivity index (χ4n) is 5.21. The molecule has 0 fully saturated rings. The normalized spacial score (nSPS) is 13.0. The molecule has 0 amide bonds. The Morgan fingerprint density at radius 2 is 1.15 bits per heavy atom. The van der Waals surface area contributed by atoms with Crippen LogP contribution in [0.3, 0.4) is 0 Å². The zero-order valence-electron chi connectivity index (χ0n) is 20.7. The molecule has 5 rings (SSSR count). The third-order valence-corrected chi connectivity index (χ3v) is 6.86. The molecule has 0 saturated carbocycles. The third-order valence-electron chi connectivity index (χ3n) is 6.86. The molecular formula is C33H33. The van der Waals surface area contributed by atoms with E-state index in [9.17, 15) is 0 Å². The van der Waals surface area contributed by atoms with Gasteiger partial charge in [-0.25, -0.2) is 0 Å². The van der Waals surface area contributed by atoms with Crippen molar-refractivity contribution in [1.29, 1.82) is 0 Å². The van der Waals surface area contributed by atoms with Crippen molar-refractivity contribution >= 4 is 0 Å². The Labute approximate surface area is 199 Å². The first-order valence-electron chi connectivity index (χ1n) is 12.0. The van der Waals surface area contributed by atoms with Gasteiger partial charge in [0.2, 0.25) is 0 Å². The first kappa shape index (κ1) is 21.7. The maximum atomic E-state index is 3.80. The highest BCUT2D eigenvalue weighted by atomic mass is 14.3. The summed E-state index contributed by atoms with van der Waals surface area (Å²) in [6.07, 6.45) is 0.946. The maximum absolute atomic E-state index is 3.80. The molecule has 0 spiro atoms. The van der Waals surface area contributed by atoms with Gasteiger partial charge >= 0.3 is 0 Å². The lowest BCUT2D eigenvalue weighted by Gasteiger charge is -2.23. The van der Waals surface area contributed by atoms with Crippen LogP contribution in [0.4, 0.5) is 0 Å². The molecule has 0 heterocycles. The van der Waals surface area contributed by atoms with Gasteiger partial charge in [-0.2, -0.15) is 0 Å². The van der Waals surface area contributed by atoms with Crippen molar-refractivity contribution in [2.45, 2.75) is 58.8 Å². The van der Waals surface area contributed by atoms with Crippen LogP contribution in [-0.4, -0.2) is 0 Å². The van der Waals surface area contributed by atoms with Crippen LogP contribution in [0.25, 0.3) is 33.4 Å². The SMILES string of the molecule is CC(C)(C)c1ccccc1-c1[c]c2c(cc1)-c1ccc(-c3ccccc3C(C)(C)C)cc1C2. The second kappa shape index (κ2) is 7.73. The predicted octanol–water partition coefficient (Wildman–Crippen LogP) is 8.99. The van der Waals surface area contributed by atoms with Gasteiger partial charge in [-0.1, -0.05) is 120 Å². The van der Waals surface area contributed by atoms with E-state index in [0.717, 1.165) is 6.42 Å². The molecule has 33 heavy (non-hydrogen) atoms. The number of fused-ring (bicyclic) bond motifs is 3. The molecule has 0 aromatic heterocycles. The van der Waals surface area contributed by atoms with Crippen LogP contribution in [0, 0.1) is 6.07 Å². The molecule has 0 nitrogen and oxygen atoms in total. The second-order valence-electron chi connectivity index (χ2n) is 11.4. The van der Waals surface area contributed by atoms with Crippen molar-refractivity contribution < 1.29 is 0 Å². The maximum Gasteiger partial charge on any atom is -0.000684 e. The summed E-state index contributed by atoms with van der Waals surface area (Å²) in [5.74, 6) is 0. The molecule has 0 atom stereocenters. The summed E-state index contributed by atoms with van der Waals surface area (Å²) in [4.78, 5) is 0. The first-order valence-corrected chi connectivity index (χ1v) is 12.0. The third kappa shape index (κ3) is 3.93. The Morgan fingerprint density at radius 3 is 1.82 bits per heavy atom. The number of hydrogen-bond acceptors (Lipinski definition) is 0. The lowest BCUT2D eigenvalue weighted by molar-refractivity contribution is 0.591. The van der Waals surface area contributed by atoms with Crippen LogP contribution >= 0.6 is 0 Å². The molecule has 0 heteroatoms. The van der Waals surface area contributed by atoms with Gasteiger partial charge in [0, 0.05) is 0 Å². The van der Waals surface area contributed by atoms with Crippen molar-refractivity contribution in [3.63, 3.8) is 0 Å². The summed E-state index contributed by atoms with van der Waals surface area (Å²) in [5, 5.41) is 0. The van der Waals surface area contributed by atoms with E-state index in [1.54, 1.807) is 0 Å². The van der Waals surface area contributed by atoms with Crippen molar-refractivity contribution in [2.75, 3.05) is 0 Å². The Bertz CT molecular complexity index is 1230.